The van der Waals surface area contributed by atoms with Crippen LogP contribution in [0.4, 0.5) is 0 Å². The SMILES string of the molecule is CCCCCCCCCC(O)O.CCCCCCCCCCCCCCCCCCC(O)CCCCCCCCC. The monoisotopic (exact) mass is 585 g/mol. The molecule has 0 amide bonds. The van der Waals surface area contributed by atoms with E-state index in [2.05, 4.69) is 20.8 Å². The van der Waals surface area contributed by atoms with Crippen LogP contribution in [0.25, 0.3) is 0 Å². The van der Waals surface area contributed by atoms with Gasteiger partial charge < -0.3 is 15.3 Å². The highest BCUT2D eigenvalue weighted by Crippen LogP contribution is 2.16. The van der Waals surface area contributed by atoms with Crippen molar-refractivity contribution >= 4 is 0 Å². The van der Waals surface area contributed by atoms with Crippen LogP contribution in [0.5, 0.6) is 0 Å². The third-order valence-electron chi connectivity index (χ3n) is 8.60. The fourth-order valence-electron chi connectivity index (χ4n) is 5.69. The highest BCUT2D eigenvalue weighted by atomic mass is 16.5. The molecule has 0 spiro atoms. The van der Waals surface area contributed by atoms with Crippen LogP contribution in [0.15, 0.2) is 0 Å². The Morgan fingerprint density at radius 2 is 0.463 bits per heavy atom. The van der Waals surface area contributed by atoms with Gasteiger partial charge in [-0.2, -0.15) is 0 Å². The first-order chi connectivity index (χ1) is 20.1. The standard InChI is InChI=1S/C28H58O.C10H22O2/c1-3-5-7-9-11-12-13-14-15-16-17-18-19-21-23-25-27-28(29)26-24-22-20-10-8-6-4-2;1-2-3-4-5-6-7-8-9-10(11)12/h28-29H,3-27H2,1-2H3;10-12H,2-9H2,1H3. The average molecular weight is 585 g/mol. The van der Waals surface area contributed by atoms with Crippen LogP contribution in [0, 0.1) is 0 Å². The molecule has 0 aromatic heterocycles. The summed E-state index contributed by atoms with van der Waals surface area (Å²) < 4.78 is 0. The molecule has 0 saturated heterocycles. The number of hydrogen-bond donors (Lipinski definition) is 3. The Balaban J connectivity index is 0. The third kappa shape index (κ3) is 44.4. The Hall–Kier alpha value is -0.120. The van der Waals surface area contributed by atoms with E-state index in [1.54, 1.807) is 0 Å². The smallest absolute Gasteiger partial charge is 0.151 e. The lowest BCUT2D eigenvalue weighted by Crippen LogP contribution is -2.05. The normalized spacial score (nSPS) is 12.1. The average Bonchev–Trinajstić information content (AvgIpc) is 2.96. The number of aliphatic hydroxyl groups excluding tert-OH is 2. The van der Waals surface area contributed by atoms with Gasteiger partial charge in [0.1, 0.15) is 0 Å². The molecule has 1 unspecified atom stereocenters. The van der Waals surface area contributed by atoms with Crippen molar-refractivity contribution in [2.75, 3.05) is 0 Å². The summed E-state index contributed by atoms with van der Waals surface area (Å²) in [5.41, 5.74) is 0. The zero-order valence-electron chi connectivity index (χ0n) is 28.8. The van der Waals surface area contributed by atoms with E-state index in [9.17, 15) is 5.11 Å². The molecule has 0 aromatic rings. The molecule has 3 nitrogen and oxygen atoms in total. The van der Waals surface area contributed by atoms with Crippen molar-refractivity contribution in [3.05, 3.63) is 0 Å². The predicted molar refractivity (Wildman–Crippen MR) is 184 cm³/mol. The highest BCUT2D eigenvalue weighted by molar-refractivity contribution is 4.58. The number of aliphatic hydroxyl groups is 3. The van der Waals surface area contributed by atoms with Gasteiger partial charge >= 0.3 is 0 Å². The van der Waals surface area contributed by atoms with Crippen molar-refractivity contribution in [3.8, 4) is 0 Å². The molecule has 0 aliphatic carbocycles. The summed E-state index contributed by atoms with van der Waals surface area (Å²) in [4.78, 5) is 0. The molecule has 0 bridgehead atoms. The Bertz CT molecular complexity index is 426. The van der Waals surface area contributed by atoms with Gasteiger partial charge in [0.2, 0.25) is 0 Å². The maximum Gasteiger partial charge on any atom is 0.151 e. The first kappa shape index (κ1) is 43.0. The van der Waals surface area contributed by atoms with Crippen molar-refractivity contribution < 1.29 is 15.3 Å². The molecule has 0 aliphatic heterocycles. The summed E-state index contributed by atoms with van der Waals surface area (Å²) in [6, 6.07) is 0. The molecule has 41 heavy (non-hydrogen) atoms. The van der Waals surface area contributed by atoms with Gasteiger partial charge in [-0.05, 0) is 25.7 Å². The van der Waals surface area contributed by atoms with Crippen LogP contribution in [-0.4, -0.2) is 27.7 Å². The summed E-state index contributed by atoms with van der Waals surface area (Å²) in [5.74, 6) is 0. The van der Waals surface area contributed by atoms with Crippen molar-refractivity contribution in [2.45, 2.75) is 245 Å². The minimum absolute atomic E-state index is 0.0303. The molecule has 3 N–H and O–H groups in total. The minimum Gasteiger partial charge on any atom is -0.393 e. The molecule has 0 fully saturated rings. The van der Waals surface area contributed by atoms with E-state index in [0.717, 1.165) is 25.7 Å². The van der Waals surface area contributed by atoms with Crippen LogP contribution in [-0.2, 0) is 0 Å². The van der Waals surface area contributed by atoms with Crippen molar-refractivity contribution in [2.24, 2.45) is 0 Å². The predicted octanol–water partition coefficient (Wildman–Crippen LogP) is 12.6. The van der Waals surface area contributed by atoms with E-state index in [4.69, 9.17) is 10.2 Å². The molecule has 0 radical (unpaired) electrons. The van der Waals surface area contributed by atoms with E-state index < -0.39 is 6.29 Å². The van der Waals surface area contributed by atoms with Gasteiger partial charge in [0.25, 0.3) is 0 Å². The Labute approximate surface area is 260 Å². The second-order valence-electron chi connectivity index (χ2n) is 13.0. The molecule has 0 heterocycles. The van der Waals surface area contributed by atoms with Gasteiger partial charge in [-0.25, -0.2) is 0 Å². The van der Waals surface area contributed by atoms with Gasteiger partial charge in [0, 0.05) is 0 Å². The lowest BCUT2D eigenvalue weighted by Gasteiger charge is -2.10. The fourth-order valence-corrected chi connectivity index (χ4v) is 5.69. The first-order valence-corrected chi connectivity index (χ1v) is 19.1. The van der Waals surface area contributed by atoms with Gasteiger partial charge in [0.05, 0.1) is 6.10 Å². The summed E-state index contributed by atoms with van der Waals surface area (Å²) in [6.07, 6.45) is 42.2. The Morgan fingerprint density at radius 3 is 0.683 bits per heavy atom. The van der Waals surface area contributed by atoms with Crippen LogP contribution in [0.1, 0.15) is 233 Å². The van der Waals surface area contributed by atoms with Crippen molar-refractivity contribution in [1.29, 1.82) is 0 Å². The quantitative estimate of drug-likeness (QED) is 0.0531. The summed E-state index contributed by atoms with van der Waals surface area (Å²) in [5, 5.41) is 27.2. The van der Waals surface area contributed by atoms with E-state index in [1.165, 1.54) is 180 Å². The summed E-state index contributed by atoms with van der Waals surface area (Å²) in [6.45, 7) is 6.78. The fraction of sp³-hybridized carbons (Fsp3) is 1.00. The van der Waals surface area contributed by atoms with Crippen LogP contribution in [0.2, 0.25) is 0 Å². The second-order valence-corrected chi connectivity index (χ2v) is 13.0. The van der Waals surface area contributed by atoms with Gasteiger partial charge in [0.15, 0.2) is 6.29 Å². The molecule has 3 heteroatoms. The maximum atomic E-state index is 10.1. The van der Waals surface area contributed by atoms with Crippen LogP contribution in [0.3, 0.4) is 0 Å². The van der Waals surface area contributed by atoms with Gasteiger partial charge in [-0.1, -0.05) is 207 Å². The molecule has 0 aliphatic rings. The molecule has 0 rings (SSSR count). The van der Waals surface area contributed by atoms with Gasteiger partial charge in [-0.15, -0.1) is 0 Å². The zero-order chi connectivity index (χ0) is 30.5. The van der Waals surface area contributed by atoms with E-state index in [0.29, 0.717) is 6.42 Å². The van der Waals surface area contributed by atoms with E-state index in [1.807, 2.05) is 0 Å². The number of unbranched alkanes of at least 4 members (excludes halogenated alkanes) is 27. The van der Waals surface area contributed by atoms with Gasteiger partial charge in [-0.3, -0.25) is 0 Å². The summed E-state index contributed by atoms with van der Waals surface area (Å²) >= 11 is 0. The third-order valence-corrected chi connectivity index (χ3v) is 8.60. The topological polar surface area (TPSA) is 60.7 Å². The van der Waals surface area contributed by atoms with Crippen LogP contribution >= 0.6 is 0 Å². The first-order valence-electron chi connectivity index (χ1n) is 19.1. The highest BCUT2D eigenvalue weighted by Gasteiger charge is 2.04. The lowest BCUT2D eigenvalue weighted by atomic mass is 10.0. The number of rotatable bonds is 33. The minimum atomic E-state index is -1.10. The molecular weight excluding hydrogens is 504 g/mol. The van der Waals surface area contributed by atoms with Crippen LogP contribution < -0.4 is 0 Å². The Morgan fingerprint density at radius 1 is 0.268 bits per heavy atom. The maximum absolute atomic E-state index is 10.1. The molecule has 0 saturated carbocycles. The molecule has 0 aromatic carbocycles. The number of hydrogen-bond acceptors (Lipinski definition) is 3. The Kier molecular flexibility index (Phi) is 41.8. The second kappa shape index (κ2) is 39.9. The molecule has 1 atom stereocenters. The largest absolute Gasteiger partial charge is 0.393 e. The molecule has 250 valence electrons. The summed E-state index contributed by atoms with van der Waals surface area (Å²) in [7, 11) is 0. The van der Waals surface area contributed by atoms with E-state index >= 15 is 0 Å². The van der Waals surface area contributed by atoms with E-state index in [-0.39, 0.29) is 6.10 Å². The lowest BCUT2D eigenvalue weighted by molar-refractivity contribution is -0.0466. The van der Waals surface area contributed by atoms with Crippen molar-refractivity contribution in [1.82, 2.24) is 0 Å². The van der Waals surface area contributed by atoms with Crippen molar-refractivity contribution in [3.63, 3.8) is 0 Å². The zero-order valence-corrected chi connectivity index (χ0v) is 28.8. The molecular formula is C38H80O3.